The molecule has 184 valence electrons. The third kappa shape index (κ3) is 6.74. The van der Waals surface area contributed by atoms with E-state index in [1.165, 1.54) is 31.4 Å². The number of rotatable bonds is 9. The van der Waals surface area contributed by atoms with Crippen LogP contribution in [0, 0.1) is 11.7 Å². The van der Waals surface area contributed by atoms with Gasteiger partial charge in [0.2, 0.25) is 0 Å². The van der Waals surface area contributed by atoms with Crippen LogP contribution in [0.4, 0.5) is 14.9 Å². The van der Waals surface area contributed by atoms with Gasteiger partial charge in [-0.3, -0.25) is 9.69 Å². The van der Waals surface area contributed by atoms with Crippen molar-refractivity contribution in [1.29, 1.82) is 0 Å². The predicted molar refractivity (Wildman–Crippen MR) is 128 cm³/mol. The van der Waals surface area contributed by atoms with Crippen LogP contribution in [0.25, 0.3) is 0 Å². The number of ether oxygens (including phenoxy) is 2. The van der Waals surface area contributed by atoms with E-state index in [9.17, 15) is 14.0 Å². The number of nitrogens with one attached hydrogen (secondary N) is 1. The van der Waals surface area contributed by atoms with Gasteiger partial charge in [0.05, 0.1) is 30.0 Å². The van der Waals surface area contributed by atoms with Crippen LogP contribution in [0.5, 0.6) is 5.75 Å². The highest BCUT2D eigenvalue weighted by Gasteiger charge is 2.27. The van der Waals surface area contributed by atoms with Crippen LogP contribution < -0.4 is 21.5 Å². The third-order valence-electron chi connectivity index (χ3n) is 6.10. The second-order valence-electron chi connectivity index (χ2n) is 8.29. The number of carbonyl (C=O) groups is 2. The number of hydrogen-bond donors (Lipinski definition) is 3. The highest BCUT2D eigenvalue weighted by Crippen LogP contribution is 2.31. The van der Waals surface area contributed by atoms with E-state index in [2.05, 4.69) is 10.2 Å². The summed E-state index contributed by atoms with van der Waals surface area (Å²) in [5.41, 5.74) is 12.5. The summed E-state index contributed by atoms with van der Waals surface area (Å²) in [6.45, 7) is 2.27. The molecule has 2 amide bonds. The number of anilines is 1. The standard InChI is InChI=1S/C24H30ClFN4O4/c1-33-22-13-20(27)19(25)12-18(22)23(31)29-14-15-6-9-30(10-7-15)21(8-11-34-24(28)32)16-2-4-17(26)5-3-16/h2-5,12-13,15,21H,6-11,14,27H2,1H3,(H2,28,32)(H,29,31)/t21-/m0/s1. The highest BCUT2D eigenvalue weighted by molar-refractivity contribution is 6.33. The Hall–Kier alpha value is -3.04. The largest absolute Gasteiger partial charge is 0.496 e. The monoisotopic (exact) mass is 492 g/mol. The van der Waals surface area contributed by atoms with Gasteiger partial charge in [-0.1, -0.05) is 23.7 Å². The molecule has 0 spiro atoms. The number of halogens is 2. The zero-order valence-corrected chi connectivity index (χ0v) is 19.8. The van der Waals surface area contributed by atoms with E-state index < -0.39 is 6.09 Å². The Kier molecular flexibility index (Phi) is 8.95. The number of nitrogens with zero attached hydrogens (tertiary/aromatic N) is 1. The molecule has 0 aliphatic carbocycles. The smallest absolute Gasteiger partial charge is 0.404 e. The van der Waals surface area contributed by atoms with E-state index in [4.69, 9.17) is 32.5 Å². The average molecular weight is 493 g/mol. The van der Waals surface area contributed by atoms with Gasteiger partial charge in [-0.2, -0.15) is 0 Å². The molecule has 10 heteroatoms. The Morgan fingerprint density at radius 2 is 1.91 bits per heavy atom. The van der Waals surface area contributed by atoms with Gasteiger partial charge < -0.3 is 26.3 Å². The molecular formula is C24H30ClFN4O4. The lowest BCUT2D eigenvalue weighted by Crippen LogP contribution is -2.40. The number of methoxy groups -OCH3 is 1. The second kappa shape index (κ2) is 11.9. The zero-order chi connectivity index (χ0) is 24.7. The fraction of sp³-hybridized carbons (Fsp3) is 0.417. The molecule has 0 bridgehead atoms. The number of nitrogen functional groups attached to an aromatic ring is 1. The summed E-state index contributed by atoms with van der Waals surface area (Å²) in [5, 5.41) is 3.27. The highest BCUT2D eigenvalue weighted by atomic mass is 35.5. The van der Waals surface area contributed by atoms with Crippen molar-refractivity contribution in [2.75, 3.05) is 39.1 Å². The normalized spacial score (nSPS) is 15.5. The van der Waals surface area contributed by atoms with E-state index >= 15 is 0 Å². The van der Waals surface area contributed by atoms with Crippen LogP contribution in [-0.2, 0) is 4.74 Å². The van der Waals surface area contributed by atoms with Crippen LogP contribution >= 0.6 is 11.6 Å². The number of amides is 2. The van der Waals surface area contributed by atoms with Gasteiger partial charge in [0.1, 0.15) is 11.6 Å². The molecule has 1 fully saturated rings. The molecule has 0 radical (unpaired) electrons. The molecule has 1 heterocycles. The summed E-state index contributed by atoms with van der Waals surface area (Å²) in [7, 11) is 1.47. The van der Waals surface area contributed by atoms with Crippen molar-refractivity contribution in [3.8, 4) is 5.75 Å². The van der Waals surface area contributed by atoms with Gasteiger partial charge in [0, 0.05) is 25.1 Å². The van der Waals surface area contributed by atoms with Crippen LogP contribution in [0.1, 0.15) is 41.2 Å². The number of nitrogens with two attached hydrogens (primary N) is 2. The van der Waals surface area contributed by atoms with Crippen LogP contribution in [0.15, 0.2) is 36.4 Å². The summed E-state index contributed by atoms with van der Waals surface area (Å²) >= 11 is 6.07. The van der Waals surface area contributed by atoms with E-state index in [-0.39, 0.29) is 24.4 Å². The van der Waals surface area contributed by atoms with Gasteiger partial charge in [-0.05, 0) is 55.6 Å². The minimum Gasteiger partial charge on any atom is -0.496 e. The van der Waals surface area contributed by atoms with E-state index in [1.807, 2.05) is 0 Å². The lowest BCUT2D eigenvalue weighted by Gasteiger charge is -2.38. The van der Waals surface area contributed by atoms with E-state index in [0.29, 0.717) is 40.9 Å². The Morgan fingerprint density at radius 3 is 2.53 bits per heavy atom. The third-order valence-corrected chi connectivity index (χ3v) is 6.42. The molecule has 0 aromatic heterocycles. The van der Waals surface area contributed by atoms with Crippen molar-refractivity contribution in [3.05, 3.63) is 58.4 Å². The summed E-state index contributed by atoms with van der Waals surface area (Å²) in [5.74, 6) is 0.0963. The first-order chi connectivity index (χ1) is 16.3. The molecule has 34 heavy (non-hydrogen) atoms. The van der Waals surface area contributed by atoms with Gasteiger partial charge in [0.15, 0.2) is 0 Å². The lowest BCUT2D eigenvalue weighted by molar-refractivity contribution is 0.0884. The van der Waals surface area contributed by atoms with Crippen molar-refractivity contribution >= 4 is 29.3 Å². The molecule has 8 nitrogen and oxygen atoms in total. The van der Waals surface area contributed by atoms with Crippen molar-refractivity contribution in [2.24, 2.45) is 11.7 Å². The lowest BCUT2D eigenvalue weighted by atomic mass is 9.93. The van der Waals surface area contributed by atoms with Gasteiger partial charge in [-0.15, -0.1) is 0 Å². The first-order valence-corrected chi connectivity index (χ1v) is 11.5. The quantitative estimate of drug-likeness (QED) is 0.459. The van der Waals surface area contributed by atoms with Crippen LogP contribution in [0.3, 0.4) is 0 Å². The fourth-order valence-corrected chi connectivity index (χ4v) is 4.40. The van der Waals surface area contributed by atoms with E-state index in [1.54, 1.807) is 12.1 Å². The van der Waals surface area contributed by atoms with Crippen LogP contribution in [0.2, 0.25) is 5.02 Å². The molecule has 1 saturated heterocycles. The van der Waals surface area contributed by atoms with Crippen molar-refractivity contribution in [2.45, 2.75) is 25.3 Å². The summed E-state index contributed by atoms with van der Waals surface area (Å²) < 4.78 is 23.6. The Bertz CT molecular complexity index is 997. The molecule has 2 aromatic rings. The number of carbonyl (C=O) groups excluding carboxylic acids is 2. The van der Waals surface area contributed by atoms with Crippen molar-refractivity contribution in [3.63, 3.8) is 0 Å². The van der Waals surface area contributed by atoms with Gasteiger partial charge in [0.25, 0.3) is 5.91 Å². The summed E-state index contributed by atoms with van der Waals surface area (Å²) in [6.07, 6.45) is 1.47. The van der Waals surface area contributed by atoms with Crippen molar-refractivity contribution in [1.82, 2.24) is 10.2 Å². The predicted octanol–water partition coefficient (Wildman–Crippen LogP) is 3.74. The molecule has 0 unspecified atom stereocenters. The molecule has 1 aliphatic heterocycles. The minimum absolute atomic E-state index is 0.0309. The zero-order valence-electron chi connectivity index (χ0n) is 19.1. The summed E-state index contributed by atoms with van der Waals surface area (Å²) in [4.78, 5) is 26.0. The molecular weight excluding hydrogens is 463 g/mol. The first kappa shape index (κ1) is 25.6. The Morgan fingerprint density at radius 1 is 1.24 bits per heavy atom. The molecule has 1 aliphatic rings. The number of piperidine rings is 1. The molecule has 0 saturated carbocycles. The molecule has 2 aromatic carbocycles. The Balaban J connectivity index is 1.57. The number of benzene rings is 2. The number of hydrogen-bond acceptors (Lipinski definition) is 6. The van der Waals surface area contributed by atoms with Gasteiger partial charge >= 0.3 is 6.09 Å². The van der Waals surface area contributed by atoms with Gasteiger partial charge in [-0.25, -0.2) is 9.18 Å². The fourth-order valence-electron chi connectivity index (χ4n) is 4.23. The molecule has 1 atom stereocenters. The number of likely N-dealkylation sites (tertiary alicyclic amines) is 1. The minimum atomic E-state index is -0.814. The maximum atomic E-state index is 13.4. The number of primary amides is 1. The Labute approximate surface area is 203 Å². The average Bonchev–Trinajstić information content (AvgIpc) is 2.83. The molecule has 3 rings (SSSR count). The summed E-state index contributed by atoms with van der Waals surface area (Å²) in [6, 6.07) is 9.37. The van der Waals surface area contributed by atoms with E-state index in [0.717, 1.165) is 31.5 Å². The van der Waals surface area contributed by atoms with Crippen molar-refractivity contribution < 1.29 is 23.5 Å². The molecule has 5 N–H and O–H groups in total. The van der Waals surface area contributed by atoms with Crippen LogP contribution in [-0.4, -0.2) is 50.3 Å². The second-order valence-corrected chi connectivity index (χ2v) is 8.69. The maximum Gasteiger partial charge on any atom is 0.404 e. The first-order valence-electron chi connectivity index (χ1n) is 11.1. The topological polar surface area (TPSA) is 120 Å². The maximum absolute atomic E-state index is 13.4. The SMILES string of the molecule is COc1cc(N)c(Cl)cc1C(=O)NCC1CCN([C@@H](CCOC(N)=O)c2ccc(F)cc2)CC1.